The van der Waals surface area contributed by atoms with Gasteiger partial charge in [-0.1, -0.05) is 103 Å². The molecule has 0 amide bonds. The number of fused-ring (bicyclic) bond motifs is 10. The molecule has 9 nitrogen and oxygen atoms in total. The first-order valence-corrected chi connectivity index (χ1v) is 19.9. The summed E-state index contributed by atoms with van der Waals surface area (Å²) in [5, 5.41) is 4.47. The summed E-state index contributed by atoms with van der Waals surface area (Å²) in [5.74, 6) is 4.16. The molecule has 0 fully saturated rings. The van der Waals surface area contributed by atoms with Crippen molar-refractivity contribution in [1.82, 2.24) is 24.1 Å². The van der Waals surface area contributed by atoms with E-state index in [0.29, 0.717) is 40.8 Å². The summed E-state index contributed by atoms with van der Waals surface area (Å²) < 4.78 is 17.4. The number of para-hydroxylation sites is 11. The highest BCUT2D eigenvalue weighted by atomic mass is 16.5. The summed E-state index contributed by atoms with van der Waals surface area (Å²) in [6.07, 6.45) is 0. The van der Waals surface area contributed by atoms with Crippen LogP contribution >= 0.6 is 0 Å². The number of hydrogen-bond acceptors (Lipinski definition) is 7. The molecule has 0 unspecified atom stereocenters. The first-order valence-electron chi connectivity index (χ1n) is 19.9. The predicted octanol–water partition coefficient (Wildman–Crippen LogP) is 13.2. The standard InChI is InChI=1S/C51H31N7O2/c1-2-16-32(17-3-1)55-37-20-6-4-18-33(37)35-31-44-36(30-43(35)55)34-19-5-7-21-38(34)56(44)49-52-50(57-39-22-8-12-26-45(39)59-46-27-13-9-23-40(46)57)54-51(53-49)58-41-24-10-14-28-47(41)60-48-29-15-11-25-42(48)58/h1-31H. The first kappa shape index (κ1) is 32.6. The number of benzene rings is 8. The Morgan fingerprint density at radius 1 is 0.300 bits per heavy atom. The van der Waals surface area contributed by atoms with Gasteiger partial charge in [-0.3, -0.25) is 14.4 Å². The highest BCUT2D eigenvalue weighted by Crippen LogP contribution is 2.52. The molecule has 0 bridgehead atoms. The van der Waals surface area contributed by atoms with Crippen molar-refractivity contribution in [1.29, 1.82) is 0 Å². The molecule has 5 heterocycles. The Labute approximate surface area is 343 Å². The minimum Gasteiger partial charge on any atom is -0.453 e. The minimum atomic E-state index is 0.437. The molecule has 9 heteroatoms. The van der Waals surface area contributed by atoms with Gasteiger partial charge < -0.3 is 14.0 Å². The minimum absolute atomic E-state index is 0.437. The molecule has 0 atom stereocenters. The molecule has 0 radical (unpaired) electrons. The van der Waals surface area contributed by atoms with Gasteiger partial charge in [0, 0.05) is 27.2 Å². The van der Waals surface area contributed by atoms with Crippen molar-refractivity contribution in [3.63, 3.8) is 0 Å². The second kappa shape index (κ2) is 12.5. The fraction of sp³-hybridized carbons (Fsp3) is 0. The van der Waals surface area contributed by atoms with Gasteiger partial charge in [0.2, 0.25) is 17.8 Å². The van der Waals surface area contributed by atoms with Crippen molar-refractivity contribution < 1.29 is 9.47 Å². The Morgan fingerprint density at radius 2 is 0.667 bits per heavy atom. The van der Waals surface area contributed by atoms with Gasteiger partial charge in [0.25, 0.3) is 0 Å². The quantitative estimate of drug-likeness (QED) is 0.176. The summed E-state index contributed by atoms with van der Waals surface area (Å²) >= 11 is 0. The Bertz CT molecular complexity index is 3330. The Balaban J connectivity index is 1.14. The van der Waals surface area contributed by atoms with Crippen LogP contribution in [0, 0.1) is 0 Å². The zero-order valence-electron chi connectivity index (χ0n) is 31.8. The number of aromatic nitrogens is 5. The largest absolute Gasteiger partial charge is 0.453 e. The van der Waals surface area contributed by atoms with Crippen LogP contribution in [0.2, 0.25) is 0 Å². The van der Waals surface area contributed by atoms with Gasteiger partial charge in [-0.15, -0.1) is 0 Å². The summed E-state index contributed by atoms with van der Waals surface area (Å²) in [7, 11) is 0. The molecular weight excluding hydrogens is 743 g/mol. The lowest BCUT2D eigenvalue weighted by molar-refractivity contribution is 0.476. The van der Waals surface area contributed by atoms with E-state index in [-0.39, 0.29) is 0 Å². The van der Waals surface area contributed by atoms with Crippen LogP contribution in [-0.4, -0.2) is 24.1 Å². The number of anilines is 6. The van der Waals surface area contributed by atoms with Gasteiger partial charge in [-0.25, -0.2) is 0 Å². The van der Waals surface area contributed by atoms with E-state index in [1.54, 1.807) is 0 Å². The molecule has 8 aromatic carbocycles. The normalized spacial score (nSPS) is 12.9. The van der Waals surface area contributed by atoms with E-state index in [9.17, 15) is 0 Å². The maximum atomic E-state index is 6.45. The third kappa shape index (κ3) is 4.71. The number of rotatable bonds is 4. The van der Waals surface area contributed by atoms with Gasteiger partial charge in [-0.2, -0.15) is 15.0 Å². The molecule has 0 spiro atoms. The maximum absolute atomic E-state index is 6.45. The van der Waals surface area contributed by atoms with E-state index in [4.69, 9.17) is 24.4 Å². The van der Waals surface area contributed by atoms with Crippen molar-refractivity contribution in [2.45, 2.75) is 0 Å². The lowest BCUT2D eigenvalue weighted by Crippen LogP contribution is -2.23. The van der Waals surface area contributed by atoms with Gasteiger partial charge in [0.1, 0.15) is 0 Å². The van der Waals surface area contributed by atoms with Crippen LogP contribution in [0.25, 0.3) is 55.2 Å². The average Bonchev–Trinajstić information content (AvgIpc) is 3.81. The van der Waals surface area contributed by atoms with E-state index >= 15 is 0 Å². The summed E-state index contributed by atoms with van der Waals surface area (Å²) in [5.41, 5.74) is 8.60. The van der Waals surface area contributed by atoms with Crippen LogP contribution in [0.3, 0.4) is 0 Å². The first-order chi connectivity index (χ1) is 29.8. The van der Waals surface area contributed by atoms with Gasteiger partial charge in [0.15, 0.2) is 23.0 Å². The second-order valence-electron chi connectivity index (χ2n) is 14.9. The van der Waals surface area contributed by atoms with Gasteiger partial charge >= 0.3 is 0 Å². The highest BCUT2D eigenvalue weighted by Gasteiger charge is 2.33. The summed E-state index contributed by atoms with van der Waals surface area (Å²) in [6.45, 7) is 0. The van der Waals surface area contributed by atoms with E-state index in [1.165, 1.54) is 0 Å². The number of nitrogens with zero attached hydrogens (tertiary/aromatic N) is 7. The topological polar surface area (TPSA) is 73.5 Å². The third-order valence-corrected chi connectivity index (χ3v) is 11.5. The molecule has 11 aromatic rings. The monoisotopic (exact) mass is 773 g/mol. The fourth-order valence-electron chi connectivity index (χ4n) is 8.98. The predicted molar refractivity (Wildman–Crippen MR) is 238 cm³/mol. The average molecular weight is 774 g/mol. The van der Waals surface area contributed by atoms with Crippen LogP contribution in [0.15, 0.2) is 188 Å². The second-order valence-corrected chi connectivity index (χ2v) is 14.9. The van der Waals surface area contributed by atoms with Crippen LogP contribution in [0.1, 0.15) is 0 Å². The Hall–Kier alpha value is -8.43. The lowest BCUT2D eigenvalue weighted by atomic mass is 10.1. The third-order valence-electron chi connectivity index (χ3n) is 11.5. The van der Waals surface area contributed by atoms with E-state index in [2.05, 4.69) is 110 Å². The molecule has 60 heavy (non-hydrogen) atoms. The Morgan fingerprint density at radius 3 is 1.15 bits per heavy atom. The molecule has 0 N–H and O–H groups in total. The maximum Gasteiger partial charge on any atom is 0.241 e. The molecule has 0 saturated carbocycles. The number of ether oxygens (including phenoxy) is 2. The molecule has 282 valence electrons. The van der Waals surface area contributed by atoms with E-state index in [0.717, 1.165) is 72.0 Å². The molecule has 3 aromatic heterocycles. The molecule has 0 aliphatic carbocycles. The van der Waals surface area contributed by atoms with Crippen molar-refractivity contribution in [2.24, 2.45) is 0 Å². The van der Waals surface area contributed by atoms with E-state index < -0.39 is 0 Å². The van der Waals surface area contributed by atoms with E-state index in [1.807, 2.05) is 97.1 Å². The summed E-state index contributed by atoms with van der Waals surface area (Å²) in [6, 6.07) is 64.2. The molecule has 0 saturated heterocycles. The Kier molecular flexibility index (Phi) is 6.82. The van der Waals surface area contributed by atoms with Crippen LogP contribution < -0.4 is 19.3 Å². The fourth-order valence-corrected chi connectivity index (χ4v) is 8.98. The molecule has 13 rings (SSSR count). The lowest BCUT2D eigenvalue weighted by Gasteiger charge is -2.33. The van der Waals surface area contributed by atoms with Crippen LogP contribution in [0.4, 0.5) is 34.6 Å². The van der Waals surface area contributed by atoms with Crippen LogP contribution in [-0.2, 0) is 0 Å². The molecule has 2 aliphatic rings. The zero-order chi connectivity index (χ0) is 39.3. The van der Waals surface area contributed by atoms with Gasteiger partial charge in [-0.05, 0) is 84.9 Å². The highest BCUT2D eigenvalue weighted by molar-refractivity contribution is 6.19. The molecular formula is C51H31N7O2. The molecule has 2 aliphatic heterocycles. The summed E-state index contributed by atoms with van der Waals surface area (Å²) in [4.78, 5) is 20.4. The zero-order valence-corrected chi connectivity index (χ0v) is 31.8. The van der Waals surface area contributed by atoms with Crippen molar-refractivity contribution in [3.8, 4) is 34.6 Å². The van der Waals surface area contributed by atoms with Crippen molar-refractivity contribution in [2.75, 3.05) is 9.80 Å². The SMILES string of the molecule is c1ccc(-n2c3ccccc3c3cc4c(cc32)c2ccccc2n4-c2nc(N3c4ccccc4Oc4ccccc43)nc(N3c4ccccc4Oc4ccccc43)n2)cc1. The van der Waals surface area contributed by atoms with Crippen molar-refractivity contribution in [3.05, 3.63) is 188 Å². The van der Waals surface area contributed by atoms with Crippen molar-refractivity contribution >= 4 is 78.3 Å². The van der Waals surface area contributed by atoms with Crippen LogP contribution in [0.5, 0.6) is 23.0 Å². The number of hydrogen-bond donors (Lipinski definition) is 0. The van der Waals surface area contributed by atoms with Gasteiger partial charge in [0.05, 0.1) is 44.8 Å². The smallest absolute Gasteiger partial charge is 0.241 e.